The minimum absolute atomic E-state index is 0.111. The van der Waals surface area contributed by atoms with Gasteiger partial charge in [0.1, 0.15) is 12.0 Å². The van der Waals surface area contributed by atoms with E-state index in [9.17, 15) is 29.1 Å². The number of benzene rings is 2. The number of amides is 5. The van der Waals surface area contributed by atoms with Gasteiger partial charge in [0.05, 0.1) is 99.5 Å². The topological polar surface area (TPSA) is 259 Å². The average molecular weight is 995 g/mol. The average Bonchev–Trinajstić information content (AvgIpc) is 3.80. The Balaban J connectivity index is 0.579. The van der Waals surface area contributed by atoms with Crippen LogP contribution < -0.4 is 21.3 Å². The molecule has 1 aliphatic carbocycles. The van der Waals surface area contributed by atoms with Crippen LogP contribution in [0.2, 0.25) is 0 Å². The fraction of sp³-hybridized carbons (Fsp3) is 0.469. The molecule has 0 spiro atoms. The molecule has 5 aromatic rings. The van der Waals surface area contributed by atoms with Crippen molar-refractivity contribution in [1.29, 1.82) is 0 Å². The first-order valence-electron chi connectivity index (χ1n) is 24.4. The Morgan fingerprint density at radius 2 is 1.60 bits per heavy atom. The smallest absolute Gasteiger partial charge is 0.264 e. The predicted molar refractivity (Wildman–Crippen MR) is 258 cm³/mol. The van der Waals surface area contributed by atoms with Gasteiger partial charge < -0.3 is 50.2 Å². The lowest BCUT2D eigenvalue weighted by atomic mass is 10.0. The van der Waals surface area contributed by atoms with Gasteiger partial charge in [0.15, 0.2) is 11.5 Å². The van der Waals surface area contributed by atoms with Crippen molar-refractivity contribution in [3.8, 4) is 11.3 Å². The van der Waals surface area contributed by atoms with Gasteiger partial charge in [0.25, 0.3) is 17.7 Å². The van der Waals surface area contributed by atoms with Crippen LogP contribution in [0.25, 0.3) is 16.9 Å². The zero-order valence-corrected chi connectivity index (χ0v) is 39.8. The fourth-order valence-electron chi connectivity index (χ4n) is 8.92. The number of aliphatic hydroxyl groups is 1. The Kier molecular flexibility index (Phi) is 16.4. The zero-order valence-electron chi connectivity index (χ0n) is 39.8. The van der Waals surface area contributed by atoms with Crippen molar-refractivity contribution in [2.75, 3.05) is 109 Å². The van der Waals surface area contributed by atoms with Gasteiger partial charge in [0, 0.05) is 93.8 Å². The van der Waals surface area contributed by atoms with Crippen LogP contribution in [0.1, 0.15) is 74.8 Å². The third-order valence-electron chi connectivity index (χ3n) is 12.9. The van der Waals surface area contributed by atoms with Gasteiger partial charge in [-0.1, -0.05) is 6.07 Å². The first kappa shape index (κ1) is 50.1. The Morgan fingerprint density at radius 1 is 0.847 bits per heavy atom. The summed E-state index contributed by atoms with van der Waals surface area (Å²) in [5.74, 6) is -1.50. The van der Waals surface area contributed by atoms with Crippen LogP contribution in [-0.2, 0) is 28.5 Å². The third kappa shape index (κ3) is 12.1. The van der Waals surface area contributed by atoms with Gasteiger partial charge in [-0.15, -0.1) is 0 Å². The second-order valence-corrected chi connectivity index (χ2v) is 17.9. The van der Waals surface area contributed by atoms with E-state index in [2.05, 4.69) is 41.3 Å². The Hall–Kier alpha value is -6.89. The molecule has 6 heterocycles. The van der Waals surface area contributed by atoms with E-state index in [0.29, 0.717) is 115 Å². The Labute approximate surface area is 413 Å². The maximum absolute atomic E-state index is 15.6. The molecule has 9 rings (SSSR count). The number of hydrogen-bond donors (Lipinski definition) is 6. The van der Waals surface area contributed by atoms with Crippen molar-refractivity contribution in [1.82, 2.24) is 49.9 Å². The second-order valence-electron chi connectivity index (χ2n) is 17.9. The number of H-pyrrole nitrogens is 1. The van der Waals surface area contributed by atoms with E-state index in [4.69, 9.17) is 23.9 Å². The molecule has 1 saturated carbocycles. The van der Waals surface area contributed by atoms with Crippen LogP contribution in [0.5, 0.6) is 0 Å². The SMILES string of the molecule is O=C(CCOCCOCCOCCOCCNc1cccc2c1C(=O)N(C1CCC(=O)NC1O)C2=O)NCCN1CCN(C(=O)c2ccc(Nc3nc(C4CC4)cn4c(-c5cn[nH]c5)cnc34)c(F)c2)CC1. The van der Waals surface area contributed by atoms with Crippen molar-refractivity contribution in [2.24, 2.45) is 0 Å². The number of rotatable bonds is 25. The first-order valence-corrected chi connectivity index (χ1v) is 24.4. The van der Waals surface area contributed by atoms with E-state index in [-0.39, 0.29) is 66.0 Å². The van der Waals surface area contributed by atoms with E-state index in [1.54, 1.807) is 53.8 Å². The maximum atomic E-state index is 15.6. The first-order chi connectivity index (χ1) is 35.1. The number of piperazine rings is 1. The summed E-state index contributed by atoms with van der Waals surface area (Å²) in [4.78, 5) is 78.1. The summed E-state index contributed by atoms with van der Waals surface area (Å²) >= 11 is 0. The molecule has 2 aromatic carbocycles. The number of aliphatic hydroxyl groups excluding tert-OH is 1. The molecule has 0 radical (unpaired) electrons. The lowest BCUT2D eigenvalue weighted by Gasteiger charge is -2.34. The highest BCUT2D eigenvalue weighted by Gasteiger charge is 2.45. The normalized spacial score (nSPS) is 18.2. The van der Waals surface area contributed by atoms with E-state index in [0.717, 1.165) is 34.7 Å². The van der Waals surface area contributed by atoms with Crippen LogP contribution in [0.3, 0.4) is 0 Å². The van der Waals surface area contributed by atoms with Gasteiger partial charge in [-0.25, -0.2) is 14.4 Å². The standard InChI is InChI=1S/C49H59FN12O10/c50-35-26-32(6-7-36(35)56-44-45-53-29-40(33-27-54-55-28-33)61(45)30-38(57-44)31-4-5-31)47(66)60-16-14-59(15-17-60)13-11-52-41(63)10-18-69-20-22-71-24-25-72-23-21-70-19-12-51-37-3-1-2-34-43(37)49(68)62(48(34)67)39-8-9-42(64)58-46(39)65/h1-3,6-7,26-31,39,46,51,65H,4-5,8-25H2,(H,52,63)(H,54,55)(H,56,57)(H,58,64). The number of aromatic nitrogens is 5. The molecule has 6 N–H and O–H groups in total. The number of carbonyl (C=O) groups is 5. The van der Waals surface area contributed by atoms with Crippen molar-refractivity contribution >= 4 is 52.4 Å². The summed E-state index contributed by atoms with van der Waals surface area (Å²) < 4.78 is 39.8. The van der Waals surface area contributed by atoms with Crippen molar-refractivity contribution in [2.45, 2.75) is 50.3 Å². The number of fused-ring (bicyclic) bond motifs is 2. The van der Waals surface area contributed by atoms with Gasteiger partial charge in [-0.05, 0) is 49.6 Å². The molecule has 2 saturated heterocycles. The van der Waals surface area contributed by atoms with E-state index >= 15 is 4.39 Å². The second kappa shape index (κ2) is 23.6. The van der Waals surface area contributed by atoms with Crippen LogP contribution >= 0.6 is 0 Å². The summed E-state index contributed by atoms with van der Waals surface area (Å²) in [5.41, 5.74) is 4.58. The number of ether oxygens (including phenoxy) is 4. The fourth-order valence-corrected chi connectivity index (χ4v) is 8.92. The highest BCUT2D eigenvalue weighted by atomic mass is 19.1. The number of anilines is 3. The quantitative estimate of drug-likeness (QED) is 0.0363. The highest BCUT2D eigenvalue weighted by Crippen LogP contribution is 2.41. The number of carbonyl (C=O) groups excluding carboxylic acids is 5. The van der Waals surface area contributed by atoms with Crippen LogP contribution in [0.4, 0.5) is 21.6 Å². The van der Waals surface area contributed by atoms with Gasteiger partial charge in [0.2, 0.25) is 11.8 Å². The molecule has 0 bridgehead atoms. The molecular formula is C49H59FN12O10. The summed E-state index contributed by atoms with van der Waals surface area (Å²) in [6.07, 6.45) is 8.51. The molecule has 382 valence electrons. The molecule has 22 nitrogen and oxygen atoms in total. The van der Waals surface area contributed by atoms with Crippen LogP contribution in [-0.4, -0.2) is 185 Å². The van der Waals surface area contributed by atoms with Gasteiger partial charge in [-0.3, -0.25) is 43.3 Å². The molecule has 2 atom stereocenters. The number of hydrogen-bond acceptors (Lipinski definition) is 16. The summed E-state index contributed by atoms with van der Waals surface area (Å²) in [7, 11) is 0. The molecule has 72 heavy (non-hydrogen) atoms. The van der Waals surface area contributed by atoms with E-state index in [1.807, 2.05) is 10.6 Å². The number of piperidine rings is 1. The molecular weight excluding hydrogens is 936 g/mol. The summed E-state index contributed by atoms with van der Waals surface area (Å²) in [6.45, 7) is 6.37. The van der Waals surface area contributed by atoms with Crippen LogP contribution in [0.15, 0.2) is 61.2 Å². The molecule has 2 unspecified atom stereocenters. The predicted octanol–water partition coefficient (Wildman–Crippen LogP) is 2.52. The minimum atomic E-state index is -1.32. The molecule has 4 aliphatic rings. The zero-order chi connectivity index (χ0) is 50.0. The van der Waals surface area contributed by atoms with E-state index in [1.165, 1.54) is 6.07 Å². The maximum Gasteiger partial charge on any atom is 0.264 e. The third-order valence-corrected chi connectivity index (χ3v) is 12.9. The molecule has 3 aliphatic heterocycles. The van der Waals surface area contributed by atoms with Crippen molar-refractivity contribution < 1.29 is 52.4 Å². The Morgan fingerprint density at radius 3 is 2.31 bits per heavy atom. The lowest BCUT2D eigenvalue weighted by Crippen LogP contribution is -2.57. The Bertz CT molecular complexity index is 2730. The van der Waals surface area contributed by atoms with Crippen LogP contribution in [0, 0.1) is 5.82 Å². The monoisotopic (exact) mass is 994 g/mol. The van der Waals surface area contributed by atoms with Gasteiger partial charge in [-0.2, -0.15) is 5.10 Å². The summed E-state index contributed by atoms with van der Waals surface area (Å²) in [6, 6.07) is 8.56. The van der Waals surface area contributed by atoms with Gasteiger partial charge >= 0.3 is 0 Å². The summed E-state index contributed by atoms with van der Waals surface area (Å²) in [5, 5.41) is 28.8. The number of imidazole rings is 1. The number of nitrogens with zero attached hydrogens (tertiary/aromatic N) is 7. The minimum Gasteiger partial charge on any atom is -0.382 e. The highest BCUT2D eigenvalue weighted by molar-refractivity contribution is 6.24. The lowest BCUT2D eigenvalue weighted by molar-refractivity contribution is -0.129. The number of nitrogens with one attached hydrogen (secondary N) is 5. The van der Waals surface area contributed by atoms with E-state index < -0.39 is 29.9 Å². The number of halogens is 1. The molecule has 3 aromatic heterocycles. The molecule has 5 amide bonds. The van der Waals surface area contributed by atoms with Crippen molar-refractivity contribution in [3.05, 3.63) is 89.4 Å². The molecule has 23 heteroatoms. The number of imide groups is 1. The largest absolute Gasteiger partial charge is 0.382 e. The number of aromatic amines is 1. The molecule has 3 fully saturated rings. The van der Waals surface area contributed by atoms with Crippen molar-refractivity contribution in [3.63, 3.8) is 0 Å².